The van der Waals surface area contributed by atoms with Gasteiger partial charge in [-0.05, 0) is 30.2 Å². The van der Waals surface area contributed by atoms with Crippen LogP contribution in [0.15, 0.2) is 33.8 Å². The number of rotatable bonds is 2. The van der Waals surface area contributed by atoms with Crippen LogP contribution >= 0.6 is 10.7 Å². The molecule has 0 atom stereocenters. The Morgan fingerprint density at radius 1 is 1.40 bits per heavy atom. The highest BCUT2D eigenvalue weighted by molar-refractivity contribution is 8.13. The first-order valence-electron chi connectivity index (χ1n) is 4.47. The third-order valence-corrected chi connectivity index (χ3v) is 3.60. The first-order chi connectivity index (χ1) is 7.02. The predicted molar refractivity (Wildman–Crippen MR) is 58.6 cm³/mol. The van der Waals surface area contributed by atoms with E-state index < -0.39 is 9.05 Å². The van der Waals surface area contributed by atoms with E-state index in [1.807, 2.05) is 6.92 Å². The summed E-state index contributed by atoms with van der Waals surface area (Å²) in [7, 11) is 1.62. The molecule has 0 aliphatic carbocycles. The van der Waals surface area contributed by atoms with Gasteiger partial charge in [0, 0.05) is 16.1 Å². The minimum Gasteiger partial charge on any atom is -0.464 e. The zero-order valence-electron chi connectivity index (χ0n) is 8.03. The monoisotopic (exact) mass is 244 g/mol. The Balaban J connectivity index is 2.80. The van der Waals surface area contributed by atoms with Crippen LogP contribution in [-0.4, -0.2) is 8.42 Å². The molecule has 0 bridgehead atoms. The molecule has 0 saturated heterocycles. The van der Waals surface area contributed by atoms with Crippen LogP contribution in [0.3, 0.4) is 0 Å². The third-order valence-electron chi connectivity index (χ3n) is 2.26. The Labute approximate surface area is 92.1 Å². The summed E-state index contributed by atoms with van der Waals surface area (Å²) < 4.78 is 27.7. The fraction of sp³-hybridized carbons (Fsp3) is 0.200. The van der Waals surface area contributed by atoms with E-state index in [4.69, 9.17) is 15.1 Å². The lowest BCUT2D eigenvalue weighted by Crippen LogP contribution is -1.92. The second kappa shape index (κ2) is 3.54. The van der Waals surface area contributed by atoms with Crippen LogP contribution in [0.25, 0.3) is 11.0 Å². The molecule has 0 fully saturated rings. The van der Waals surface area contributed by atoms with Crippen molar-refractivity contribution >= 4 is 30.7 Å². The van der Waals surface area contributed by atoms with Crippen molar-refractivity contribution in [1.82, 2.24) is 0 Å². The second-order valence-electron chi connectivity index (χ2n) is 3.21. The molecule has 0 unspecified atom stereocenters. The molecule has 1 aromatic carbocycles. The summed E-state index contributed by atoms with van der Waals surface area (Å²) in [4.78, 5) is 0.120. The van der Waals surface area contributed by atoms with Gasteiger partial charge in [0.25, 0.3) is 9.05 Å². The van der Waals surface area contributed by atoms with Crippen LogP contribution in [0.4, 0.5) is 0 Å². The number of benzene rings is 1. The SMILES string of the molecule is CCc1cc(S(=O)(=O)Cl)cc2ccoc12. The van der Waals surface area contributed by atoms with E-state index in [2.05, 4.69) is 0 Å². The summed E-state index contributed by atoms with van der Waals surface area (Å²) in [6, 6.07) is 4.79. The summed E-state index contributed by atoms with van der Waals surface area (Å²) in [5, 5.41) is 0.758. The van der Waals surface area contributed by atoms with Crippen molar-refractivity contribution in [2.75, 3.05) is 0 Å². The lowest BCUT2D eigenvalue weighted by molar-refractivity contribution is 0.607. The van der Waals surface area contributed by atoms with Crippen molar-refractivity contribution in [1.29, 1.82) is 0 Å². The van der Waals surface area contributed by atoms with Crippen LogP contribution in [0.5, 0.6) is 0 Å². The zero-order chi connectivity index (χ0) is 11.1. The van der Waals surface area contributed by atoms with E-state index in [9.17, 15) is 8.42 Å². The summed E-state index contributed by atoms with van der Waals surface area (Å²) in [5.41, 5.74) is 1.57. The quantitative estimate of drug-likeness (QED) is 0.763. The van der Waals surface area contributed by atoms with E-state index >= 15 is 0 Å². The minimum atomic E-state index is -3.67. The van der Waals surface area contributed by atoms with Gasteiger partial charge in [0.15, 0.2) is 0 Å². The van der Waals surface area contributed by atoms with Crippen molar-refractivity contribution in [2.45, 2.75) is 18.2 Å². The number of halogens is 1. The van der Waals surface area contributed by atoms with E-state index in [1.165, 1.54) is 12.3 Å². The van der Waals surface area contributed by atoms with Gasteiger partial charge in [-0.1, -0.05) is 6.92 Å². The van der Waals surface area contributed by atoms with Gasteiger partial charge in [-0.3, -0.25) is 0 Å². The van der Waals surface area contributed by atoms with Crippen molar-refractivity contribution in [3.63, 3.8) is 0 Å². The van der Waals surface area contributed by atoms with E-state index in [-0.39, 0.29) is 4.90 Å². The molecule has 0 aliphatic rings. The minimum absolute atomic E-state index is 0.120. The first kappa shape index (κ1) is 10.5. The van der Waals surface area contributed by atoms with Crippen LogP contribution in [-0.2, 0) is 15.5 Å². The maximum Gasteiger partial charge on any atom is 0.261 e. The number of aryl methyl sites for hydroxylation is 1. The molecular formula is C10H9ClO3S. The molecule has 2 rings (SSSR count). The molecule has 0 aliphatic heterocycles. The maximum absolute atomic E-state index is 11.2. The average molecular weight is 245 g/mol. The molecule has 0 saturated carbocycles. The molecule has 0 N–H and O–H groups in total. The number of hydrogen-bond donors (Lipinski definition) is 0. The van der Waals surface area contributed by atoms with Gasteiger partial charge in [0.2, 0.25) is 0 Å². The van der Waals surface area contributed by atoms with Gasteiger partial charge in [0.1, 0.15) is 5.58 Å². The smallest absolute Gasteiger partial charge is 0.261 e. The van der Waals surface area contributed by atoms with Crippen molar-refractivity contribution in [3.8, 4) is 0 Å². The lowest BCUT2D eigenvalue weighted by Gasteiger charge is -2.01. The largest absolute Gasteiger partial charge is 0.464 e. The van der Waals surface area contributed by atoms with Crippen LogP contribution in [0.1, 0.15) is 12.5 Å². The lowest BCUT2D eigenvalue weighted by atomic mass is 10.1. The van der Waals surface area contributed by atoms with E-state index in [1.54, 1.807) is 12.1 Å². The van der Waals surface area contributed by atoms with Crippen LogP contribution in [0, 0.1) is 0 Å². The normalized spacial score (nSPS) is 12.1. The van der Waals surface area contributed by atoms with Gasteiger partial charge >= 0.3 is 0 Å². The Hall–Kier alpha value is -1.00. The summed E-state index contributed by atoms with van der Waals surface area (Å²) >= 11 is 0. The summed E-state index contributed by atoms with van der Waals surface area (Å²) in [6.07, 6.45) is 2.23. The molecule has 15 heavy (non-hydrogen) atoms. The Morgan fingerprint density at radius 3 is 2.73 bits per heavy atom. The van der Waals surface area contributed by atoms with Crippen LogP contribution < -0.4 is 0 Å². The molecule has 0 radical (unpaired) electrons. The van der Waals surface area contributed by atoms with Gasteiger partial charge < -0.3 is 4.42 Å². The molecule has 1 heterocycles. The molecule has 0 spiro atoms. The molecular weight excluding hydrogens is 236 g/mol. The highest BCUT2D eigenvalue weighted by Crippen LogP contribution is 2.26. The molecule has 3 nitrogen and oxygen atoms in total. The van der Waals surface area contributed by atoms with Crippen molar-refractivity contribution in [2.24, 2.45) is 0 Å². The van der Waals surface area contributed by atoms with Gasteiger partial charge in [-0.15, -0.1) is 0 Å². The molecule has 2 aromatic rings. The summed E-state index contributed by atoms with van der Waals surface area (Å²) in [5.74, 6) is 0. The number of furan rings is 1. The highest BCUT2D eigenvalue weighted by atomic mass is 35.7. The van der Waals surface area contributed by atoms with Gasteiger partial charge in [-0.25, -0.2) is 8.42 Å². The zero-order valence-corrected chi connectivity index (χ0v) is 9.60. The molecule has 80 valence electrons. The highest BCUT2D eigenvalue weighted by Gasteiger charge is 2.14. The van der Waals surface area contributed by atoms with Gasteiger partial charge in [-0.2, -0.15) is 0 Å². The van der Waals surface area contributed by atoms with Crippen molar-refractivity contribution < 1.29 is 12.8 Å². The first-order valence-corrected chi connectivity index (χ1v) is 6.78. The third kappa shape index (κ3) is 1.87. The fourth-order valence-corrected chi connectivity index (χ4v) is 2.35. The number of fused-ring (bicyclic) bond motifs is 1. The standard InChI is InChI=1S/C10H9ClO3S/c1-2-7-5-9(15(11,12)13)6-8-3-4-14-10(7)8/h3-6H,2H2,1H3. The Morgan fingerprint density at radius 2 is 2.13 bits per heavy atom. The molecule has 1 aromatic heterocycles. The molecule has 0 amide bonds. The Kier molecular flexibility index (Phi) is 2.48. The van der Waals surface area contributed by atoms with Crippen molar-refractivity contribution in [3.05, 3.63) is 30.0 Å². The topological polar surface area (TPSA) is 47.3 Å². The maximum atomic E-state index is 11.2. The Bertz CT molecular complexity index is 598. The van der Waals surface area contributed by atoms with Crippen LogP contribution in [0.2, 0.25) is 0 Å². The molecule has 5 heteroatoms. The van der Waals surface area contributed by atoms with Gasteiger partial charge in [0.05, 0.1) is 11.2 Å². The predicted octanol–water partition coefficient (Wildman–Crippen LogP) is 2.92. The average Bonchev–Trinajstić information content (AvgIpc) is 2.62. The number of hydrogen-bond acceptors (Lipinski definition) is 3. The van der Waals surface area contributed by atoms with E-state index in [0.717, 1.165) is 16.5 Å². The van der Waals surface area contributed by atoms with E-state index in [0.29, 0.717) is 6.42 Å². The summed E-state index contributed by atoms with van der Waals surface area (Å²) in [6.45, 7) is 1.93. The fourth-order valence-electron chi connectivity index (χ4n) is 1.53. The second-order valence-corrected chi connectivity index (χ2v) is 5.78.